The summed E-state index contributed by atoms with van der Waals surface area (Å²) in [6.07, 6.45) is -0.331. The number of carbonyl (C=O) groups is 1. The molecule has 0 fully saturated rings. The van der Waals surface area contributed by atoms with Crippen molar-refractivity contribution in [1.29, 1.82) is 0 Å². The number of imidazole rings is 1. The Morgan fingerprint density at radius 2 is 1.90 bits per heavy atom. The molecule has 0 aliphatic carbocycles. The van der Waals surface area contributed by atoms with Crippen LogP contribution in [0.25, 0.3) is 28.2 Å². The van der Waals surface area contributed by atoms with Crippen molar-refractivity contribution in [1.82, 2.24) is 29.9 Å². The number of hydrogen-bond donors (Lipinski definition) is 2. The standard InChI is InChI=1S/C28H24F3N7O3/c1-16-25(19-12-20(28(29,30)31)26(32)35-15-19)38-24(36-16)8-6-21(37-38)17-5-7-22(23(13-17)40-2)41-11-10-34-27(39)18-4-3-9-33-14-18/h3-9,12-15H,10-11H2,1-2H3,(H2,32,35)(H,34,39). The topological polar surface area (TPSA) is 130 Å². The summed E-state index contributed by atoms with van der Waals surface area (Å²) in [5, 5.41) is 7.41. The van der Waals surface area contributed by atoms with E-state index in [1.165, 1.54) is 24.0 Å². The molecule has 13 heteroatoms. The van der Waals surface area contributed by atoms with Crippen LogP contribution in [0.4, 0.5) is 19.0 Å². The molecule has 0 saturated carbocycles. The first-order chi connectivity index (χ1) is 19.7. The number of nitrogens with two attached hydrogens (primary N) is 1. The fourth-order valence-electron chi connectivity index (χ4n) is 4.23. The Labute approximate surface area is 232 Å². The third-order valence-corrected chi connectivity index (χ3v) is 6.18. The highest BCUT2D eigenvalue weighted by Crippen LogP contribution is 2.36. The van der Waals surface area contributed by atoms with Gasteiger partial charge in [-0.05, 0) is 55.5 Å². The molecule has 5 aromatic rings. The molecule has 0 bridgehead atoms. The van der Waals surface area contributed by atoms with E-state index in [9.17, 15) is 18.0 Å². The van der Waals surface area contributed by atoms with Gasteiger partial charge in [-0.15, -0.1) is 0 Å². The monoisotopic (exact) mass is 563 g/mol. The smallest absolute Gasteiger partial charge is 0.419 e. The first-order valence-corrected chi connectivity index (χ1v) is 12.3. The van der Waals surface area contributed by atoms with Gasteiger partial charge in [-0.1, -0.05) is 0 Å². The second kappa shape index (κ2) is 11.1. The third kappa shape index (κ3) is 5.73. The van der Waals surface area contributed by atoms with E-state index in [2.05, 4.69) is 25.4 Å². The fraction of sp³-hybridized carbons (Fsp3) is 0.179. The maximum atomic E-state index is 13.5. The molecule has 0 spiro atoms. The zero-order chi connectivity index (χ0) is 29.1. The normalized spacial score (nSPS) is 11.4. The number of anilines is 1. The van der Waals surface area contributed by atoms with E-state index in [0.29, 0.717) is 45.4 Å². The van der Waals surface area contributed by atoms with Crippen molar-refractivity contribution in [2.45, 2.75) is 13.1 Å². The van der Waals surface area contributed by atoms with Gasteiger partial charge in [0.05, 0.1) is 41.9 Å². The van der Waals surface area contributed by atoms with Crippen LogP contribution < -0.4 is 20.5 Å². The lowest BCUT2D eigenvalue weighted by Gasteiger charge is -2.13. The fourth-order valence-corrected chi connectivity index (χ4v) is 4.23. The third-order valence-electron chi connectivity index (χ3n) is 6.18. The van der Waals surface area contributed by atoms with Crippen molar-refractivity contribution >= 4 is 17.4 Å². The Bertz CT molecular complexity index is 1720. The van der Waals surface area contributed by atoms with Crippen molar-refractivity contribution in [3.8, 4) is 34.0 Å². The molecule has 10 nitrogen and oxygen atoms in total. The molecule has 0 radical (unpaired) electrons. The molecule has 4 aromatic heterocycles. The highest BCUT2D eigenvalue weighted by atomic mass is 19.4. The molecular formula is C28H24F3N7O3. The highest BCUT2D eigenvalue weighted by Gasteiger charge is 2.34. The number of rotatable bonds is 8. The molecule has 3 N–H and O–H groups in total. The van der Waals surface area contributed by atoms with Gasteiger partial charge in [0.2, 0.25) is 0 Å². The van der Waals surface area contributed by atoms with E-state index in [-0.39, 0.29) is 24.6 Å². The van der Waals surface area contributed by atoms with Crippen LogP contribution in [0.2, 0.25) is 0 Å². The summed E-state index contributed by atoms with van der Waals surface area (Å²) in [7, 11) is 1.50. The number of fused-ring (bicyclic) bond motifs is 1. The molecule has 0 unspecified atom stereocenters. The quantitative estimate of drug-likeness (QED) is 0.263. The SMILES string of the molecule is COc1cc(-c2ccc3nc(C)c(-c4cnc(N)c(C(F)(F)F)c4)n3n2)ccc1OCCNC(=O)c1cccnc1. The Morgan fingerprint density at radius 1 is 1.07 bits per heavy atom. The molecule has 0 aliphatic rings. The number of carbonyl (C=O) groups excluding carboxylic acids is 1. The van der Waals surface area contributed by atoms with Crippen LogP contribution in [0.15, 0.2) is 67.1 Å². The number of aryl methyl sites for hydroxylation is 1. The van der Waals surface area contributed by atoms with Crippen LogP contribution >= 0.6 is 0 Å². The van der Waals surface area contributed by atoms with E-state index in [0.717, 1.165) is 6.07 Å². The molecule has 4 heterocycles. The molecule has 5 rings (SSSR count). The largest absolute Gasteiger partial charge is 0.493 e. The number of amides is 1. The van der Waals surface area contributed by atoms with Gasteiger partial charge >= 0.3 is 6.18 Å². The number of halogens is 3. The summed E-state index contributed by atoms with van der Waals surface area (Å²) in [5.74, 6) is 0.0259. The maximum Gasteiger partial charge on any atom is 0.419 e. The first kappa shape index (κ1) is 27.4. The van der Waals surface area contributed by atoms with Crippen LogP contribution in [0.1, 0.15) is 21.6 Å². The van der Waals surface area contributed by atoms with Gasteiger partial charge in [0.15, 0.2) is 17.1 Å². The molecule has 41 heavy (non-hydrogen) atoms. The maximum absolute atomic E-state index is 13.5. The molecule has 1 aromatic carbocycles. The number of methoxy groups -OCH3 is 1. The number of nitrogen functional groups attached to an aromatic ring is 1. The predicted octanol–water partition coefficient (Wildman–Crippen LogP) is 4.58. The second-order valence-electron chi connectivity index (χ2n) is 8.90. The van der Waals surface area contributed by atoms with Gasteiger partial charge in [-0.25, -0.2) is 14.5 Å². The van der Waals surface area contributed by atoms with Crippen LogP contribution in [0, 0.1) is 6.92 Å². The van der Waals surface area contributed by atoms with Gasteiger partial charge in [0.25, 0.3) is 5.91 Å². The number of nitrogens with zero attached hydrogens (tertiary/aromatic N) is 5. The summed E-state index contributed by atoms with van der Waals surface area (Å²) in [5.41, 5.74) is 7.56. The summed E-state index contributed by atoms with van der Waals surface area (Å²) >= 11 is 0. The van der Waals surface area contributed by atoms with Crippen molar-refractivity contribution in [3.05, 3.63) is 83.9 Å². The lowest BCUT2D eigenvalue weighted by Crippen LogP contribution is -2.28. The van der Waals surface area contributed by atoms with E-state index >= 15 is 0 Å². The number of aromatic nitrogens is 5. The van der Waals surface area contributed by atoms with Crippen molar-refractivity contribution in [2.24, 2.45) is 0 Å². The van der Waals surface area contributed by atoms with Crippen LogP contribution in [-0.2, 0) is 6.18 Å². The Kier molecular flexibility index (Phi) is 7.42. The molecule has 210 valence electrons. The minimum atomic E-state index is -4.66. The Balaban J connectivity index is 1.38. The van der Waals surface area contributed by atoms with E-state index in [1.807, 2.05) is 0 Å². The van der Waals surface area contributed by atoms with Crippen LogP contribution in [-0.4, -0.2) is 50.7 Å². The summed E-state index contributed by atoms with van der Waals surface area (Å²) < 4.78 is 53.2. The number of ether oxygens (including phenoxy) is 2. The van der Waals surface area contributed by atoms with Crippen molar-refractivity contribution in [3.63, 3.8) is 0 Å². The zero-order valence-corrected chi connectivity index (χ0v) is 21.9. The highest BCUT2D eigenvalue weighted by molar-refractivity contribution is 5.93. The zero-order valence-electron chi connectivity index (χ0n) is 21.9. The lowest BCUT2D eigenvalue weighted by molar-refractivity contribution is -0.137. The molecule has 0 aliphatic heterocycles. The summed E-state index contributed by atoms with van der Waals surface area (Å²) in [6, 6.07) is 13.0. The van der Waals surface area contributed by atoms with Gasteiger partial charge in [-0.3, -0.25) is 9.78 Å². The average Bonchev–Trinajstić information content (AvgIpc) is 3.30. The summed E-state index contributed by atoms with van der Waals surface area (Å²) in [4.78, 5) is 24.3. The Morgan fingerprint density at radius 3 is 2.63 bits per heavy atom. The molecule has 1 amide bonds. The van der Waals surface area contributed by atoms with Gasteiger partial charge in [0.1, 0.15) is 12.4 Å². The second-order valence-corrected chi connectivity index (χ2v) is 8.90. The van der Waals surface area contributed by atoms with Gasteiger partial charge in [-0.2, -0.15) is 18.3 Å². The molecule has 0 atom stereocenters. The lowest BCUT2D eigenvalue weighted by atomic mass is 10.1. The number of alkyl halides is 3. The minimum absolute atomic E-state index is 0.179. The minimum Gasteiger partial charge on any atom is -0.493 e. The first-order valence-electron chi connectivity index (χ1n) is 12.3. The average molecular weight is 564 g/mol. The van der Waals surface area contributed by atoms with Crippen LogP contribution in [0.5, 0.6) is 11.5 Å². The number of hydrogen-bond acceptors (Lipinski definition) is 8. The van der Waals surface area contributed by atoms with Gasteiger partial charge in [0, 0.05) is 29.7 Å². The Hall–Kier alpha value is -5.20. The van der Waals surface area contributed by atoms with E-state index < -0.39 is 17.6 Å². The van der Waals surface area contributed by atoms with Crippen molar-refractivity contribution in [2.75, 3.05) is 26.0 Å². The van der Waals surface area contributed by atoms with Crippen molar-refractivity contribution < 1.29 is 27.4 Å². The van der Waals surface area contributed by atoms with E-state index in [4.69, 9.17) is 15.2 Å². The molecular weight excluding hydrogens is 539 g/mol. The predicted molar refractivity (Wildman–Crippen MR) is 144 cm³/mol. The molecule has 0 saturated heterocycles. The van der Waals surface area contributed by atoms with E-state index in [1.54, 1.807) is 55.6 Å². The van der Waals surface area contributed by atoms with Gasteiger partial charge < -0.3 is 20.5 Å². The number of pyridine rings is 2. The van der Waals surface area contributed by atoms with Crippen LogP contribution in [0.3, 0.4) is 0 Å². The summed E-state index contributed by atoms with van der Waals surface area (Å²) in [6.45, 7) is 2.14. The number of benzene rings is 1. The number of nitrogens with one attached hydrogen (secondary N) is 1.